The summed E-state index contributed by atoms with van der Waals surface area (Å²) in [5.41, 5.74) is 2.83. The lowest BCUT2D eigenvalue weighted by Crippen LogP contribution is -2.51. The van der Waals surface area contributed by atoms with Gasteiger partial charge in [-0.1, -0.05) is 13.0 Å². The van der Waals surface area contributed by atoms with Crippen molar-refractivity contribution in [3.8, 4) is 22.9 Å². The summed E-state index contributed by atoms with van der Waals surface area (Å²) in [7, 11) is 0. The lowest BCUT2D eigenvalue weighted by atomic mass is 9.91. The largest absolute Gasteiger partial charge is 0.508 e. The van der Waals surface area contributed by atoms with E-state index in [2.05, 4.69) is 15.1 Å². The third kappa shape index (κ3) is 5.09. The molecule has 12 heteroatoms. The number of phenolic OH excluding ortho intramolecular Hbond substituents is 1. The molecule has 0 amide bonds. The number of nitrogens with zero attached hydrogens (tertiary/aromatic N) is 6. The first-order valence-corrected chi connectivity index (χ1v) is 17.6. The van der Waals surface area contributed by atoms with Gasteiger partial charge in [0.15, 0.2) is 0 Å². The number of phenols is 1. The van der Waals surface area contributed by atoms with Gasteiger partial charge in [-0.2, -0.15) is 15.1 Å². The predicted molar refractivity (Wildman–Crippen MR) is 185 cm³/mol. The minimum absolute atomic E-state index is 0.0611. The Morgan fingerprint density at radius 1 is 1.06 bits per heavy atom. The van der Waals surface area contributed by atoms with E-state index in [0.717, 1.165) is 67.3 Å². The molecule has 3 aromatic carbocycles. The zero-order valence-corrected chi connectivity index (χ0v) is 27.6. The molecule has 4 saturated heterocycles. The first-order chi connectivity index (χ1) is 23.8. The SMILES string of the molecule is CCc1c(F)ccc2cc(O)cc(-c3cc4nc(OC[C@@]56CCCN5C[C@H](F)C6)nc(N5C[C@H]6CC[C@@H](C5)N6)c4c4cn(CCO)nc34)c12. The number of alkyl halides is 1. The molecule has 0 saturated carbocycles. The molecule has 0 spiro atoms. The average Bonchev–Trinajstić information content (AvgIpc) is 3.84. The van der Waals surface area contributed by atoms with Gasteiger partial charge in [0.25, 0.3) is 0 Å². The van der Waals surface area contributed by atoms with Gasteiger partial charge < -0.3 is 25.2 Å². The lowest BCUT2D eigenvalue weighted by Gasteiger charge is -2.35. The van der Waals surface area contributed by atoms with Crippen molar-refractivity contribution in [3.63, 3.8) is 0 Å². The van der Waals surface area contributed by atoms with Crippen LogP contribution in [-0.4, -0.2) is 98.0 Å². The maximum absolute atomic E-state index is 15.3. The van der Waals surface area contributed by atoms with E-state index in [1.165, 1.54) is 6.07 Å². The highest BCUT2D eigenvalue weighted by molar-refractivity contribution is 6.17. The molecule has 49 heavy (non-hydrogen) atoms. The smallest absolute Gasteiger partial charge is 0.319 e. The van der Waals surface area contributed by atoms with Crippen LogP contribution < -0.4 is 15.0 Å². The Balaban J connectivity index is 1.28. The Labute approximate surface area is 282 Å². The molecule has 10 nitrogen and oxygen atoms in total. The summed E-state index contributed by atoms with van der Waals surface area (Å²) in [6.45, 7) is 5.30. The Morgan fingerprint density at radius 3 is 2.69 bits per heavy atom. The van der Waals surface area contributed by atoms with Crippen molar-refractivity contribution in [1.82, 2.24) is 30.0 Å². The van der Waals surface area contributed by atoms with Crippen LogP contribution >= 0.6 is 0 Å². The third-order valence-electron chi connectivity index (χ3n) is 11.3. The van der Waals surface area contributed by atoms with Crippen molar-refractivity contribution in [2.75, 3.05) is 44.3 Å². The highest BCUT2D eigenvalue weighted by atomic mass is 19.1. The van der Waals surface area contributed by atoms with E-state index in [-0.39, 0.29) is 36.3 Å². The molecule has 2 aromatic heterocycles. The number of aliphatic hydroxyl groups excluding tert-OH is 1. The monoisotopic (exact) mass is 669 g/mol. The van der Waals surface area contributed by atoms with Crippen LogP contribution in [0.2, 0.25) is 0 Å². The van der Waals surface area contributed by atoms with Gasteiger partial charge >= 0.3 is 6.01 Å². The number of hydrogen-bond acceptors (Lipinski definition) is 9. The van der Waals surface area contributed by atoms with Crippen LogP contribution in [0.1, 0.15) is 44.6 Å². The van der Waals surface area contributed by atoms with Crippen LogP contribution in [0, 0.1) is 5.82 Å². The number of aromatic hydroxyl groups is 1. The van der Waals surface area contributed by atoms with Gasteiger partial charge in [-0.05, 0) is 84.8 Å². The van der Waals surface area contributed by atoms with Crippen LogP contribution in [0.15, 0.2) is 36.5 Å². The molecular weight excluding hydrogens is 628 g/mol. The summed E-state index contributed by atoms with van der Waals surface area (Å²) in [6, 6.07) is 9.36. The zero-order chi connectivity index (χ0) is 33.4. The van der Waals surface area contributed by atoms with E-state index >= 15 is 4.39 Å². The lowest BCUT2D eigenvalue weighted by molar-refractivity contribution is 0.107. The van der Waals surface area contributed by atoms with E-state index < -0.39 is 6.17 Å². The molecule has 9 rings (SSSR count). The van der Waals surface area contributed by atoms with Crippen molar-refractivity contribution in [1.29, 1.82) is 0 Å². The number of aryl methyl sites for hydroxylation is 1. The van der Waals surface area contributed by atoms with E-state index in [1.54, 1.807) is 22.9 Å². The van der Waals surface area contributed by atoms with Gasteiger partial charge in [0.2, 0.25) is 0 Å². The molecule has 6 heterocycles. The van der Waals surface area contributed by atoms with Gasteiger partial charge in [-0.3, -0.25) is 9.58 Å². The van der Waals surface area contributed by atoms with Crippen LogP contribution in [0.5, 0.6) is 11.8 Å². The molecule has 3 N–H and O–H groups in total. The van der Waals surface area contributed by atoms with Crippen molar-refractivity contribution < 1.29 is 23.7 Å². The summed E-state index contributed by atoms with van der Waals surface area (Å²) in [5, 5.41) is 32.5. The minimum Gasteiger partial charge on any atom is -0.508 e. The van der Waals surface area contributed by atoms with Gasteiger partial charge in [-0.25, -0.2) is 8.78 Å². The summed E-state index contributed by atoms with van der Waals surface area (Å²) in [6.07, 6.45) is 6.06. The number of hydrogen-bond donors (Lipinski definition) is 3. The molecule has 5 aromatic rings. The van der Waals surface area contributed by atoms with Gasteiger partial charge in [0, 0.05) is 55.3 Å². The zero-order valence-electron chi connectivity index (χ0n) is 27.6. The molecule has 4 atom stereocenters. The number of benzene rings is 3. The Kier molecular flexibility index (Phi) is 7.40. The van der Waals surface area contributed by atoms with Gasteiger partial charge in [-0.15, -0.1) is 0 Å². The molecule has 4 fully saturated rings. The number of nitrogens with one attached hydrogen (secondary N) is 1. The normalized spacial score (nSPS) is 25.3. The summed E-state index contributed by atoms with van der Waals surface area (Å²) in [5.74, 6) is 0.516. The second-order valence-corrected chi connectivity index (χ2v) is 14.4. The Bertz CT molecular complexity index is 2090. The second kappa shape index (κ2) is 11.7. The van der Waals surface area contributed by atoms with Crippen molar-refractivity contribution in [3.05, 3.63) is 47.9 Å². The maximum atomic E-state index is 15.3. The first-order valence-electron chi connectivity index (χ1n) is 17.6. The van der Waals surface area contributed by atoms with Crippen LogP contribution in [0.3, 0.4) is 0 Å². The summed E-state index contributed by atoms with van der Waals surface area (Å²) < 4.78 is 38.1. The van der Waals surface area contributed by atoms with Gasteiger partial charge in [0.1, 0.15) is 35.7 Å². The number of fused-ring (bicyclic) bond motifs is 7. The van der Waals surface area contributed by atoms with E-state index in [9.17, 15) is 14.6 Å². The highest BCUT2D eigenvalue weighted by Gasteiger charge is 2.49. The fourth-order valence-electron chi connectivity index (χ4n) is 9.21. The van der Waals surface area contributed by atoms with Crippen LogP contribution in [-0.2, 0) is 13.0 Å². The number of aromatic nitrogens is 4. The van der Waals surface area contributed by atoms with E-state index in [1.807, 2.05) is 19.2 Å². The highest BCUT2D eigenvalue weighted by Crippen LogP contribution is 2.44. The van der Waals surface area contributed by atoms with E-state index in [0.29, 0.717) is 71.2 Å². The summed E-state index contributed by atoms with van der Waals surface area (Å²) >= 11 is 0. The van der Waals surface area contributed by atoms with Crippen molar-refractivity contribution in [2.45, 2.75) is 75.8 Å². The topological polar surface area (TPSA) is 112 Å². The standard InChI is InChI=1S/C37H41F2N7O3/c1-2-26-30(39)7-4-21-12-25(48)13-27(32(21)26)28-14-31-33(29-19-46(10-11-47)43-34(28)29)35(44-17-23-5-6-24(18-44)40-23)42-36(41-31)49-20-37-8-3-9-45(37)16-22(38)15-37/h4,7,12-14,19,22-24,40,47-48H,2-3,5-6,8-11,15-18,20H2,1H3/t22-,23-,24+,37+/m1/s1. The maximum Gasteiger partial charge on any atom is 0.319 e. The molecule has 4 aliphatic heterocycles. The van der Waals surface area contributed by atoms with E-state index in [4.69, 9.17) is 19.8 Å². The quantitative estimate of drug-likeness (QED) is 0.208. The molecule has 256 valence electrons. The summed E-state index contributed by atoms with van der Waals surface area (Å²) in [4.78, 5) is 14.7. The second-order valence-electron chi connectivity index (χ2n) is 14.4. The van der Waals surface area contributed by atoms with Crippen LogP contribution in [0.25, 0.3) is 43.7 Å². The average molecular weight is 670 g/mol. The fourth-order valence-corrected chi connectivity index (χ4v) is 9.21. The number of aliphatic hydroxyl groups is 1. The minimum atomic E-state index is -0.866. The molecular formula is C37H41F2N7O3. The van der Waals surface area contributed by atoms with Crippen molar-refractivity contribution in [2.24, 2.45) is 0 Å². The predicted octanol–water partition coefficient (Wildman–Crippen LogP) is 5.09. The van der Waals surface area contributed by atoms with Crippen molar-refractivity contribution >= 4 is 38.4 Å². The number of anilines is 1. The number of halogens is 2. The molecule has 0 aliphatic carbocycles. The number of ether oxygens (including phenoxy) is 1. The Morgan fingerprint density at radius 2 is 1.90 bits per heavy atom. The molecule has 2 bridgehead atoms. The third-order valence-corrected chi connectivity index (χ3v) is 11.3. The molecule has 0 radical (unpaired) electrons. The first kappa shape index (κ1) is 30.9. The molecule has 4 aliphatic rings. The number of rotatable bonds is 8. The number of piperazine rings is 1. The molecule has 0 unspecified atom stereocenters. The van der Waals surface area contributed by atoms with Crippen LogP contribution in [0.4, 0.5) is 14.6 Å². The Hall–Kier alpha value is -4.13. The van der Waals surface area contributed by atoms with Gasteiger partial charge in [0.05, 0.1) is 29.6 Å². The fraction of sp³-hybridized carbons (Fsp3) is 0.486.